The van der Waals surface area contributed by atoms with Crippen molar-refractivity contribution >= 4 is 45.2 Å². The van der Waals surface area contributed by atoms with E-state index in [0.29, 0.717) is 37.1 Å². The second-order valence-corrected chi connectivity index (χ2v) is 19.4. The third-order valence-corrected chi connectivity index (χ3v) is 13.6. The molecule has 1 aliphatic heterocycles. The summed E-state index contributed by atoms with van der Waals surface area (Å²) in [4.78, 5) is 74.9. The average Bonchev–Trinajstić information content (AvgIpc) is 3.71. The van der Waals surface area contributed by atoms with Crippen molar-refractivity contribution in [3.05, 3.63) is 60.2 Å². The summed E-state index contributed by atoms with van der Waals surface area (Å²) in [5, 5.41) is 5.79. The van der Waals surface area contributed by atoms with Crippen molar-refractivity contribution in [1.82, 2.24) is 30.1 Å². The van der Waals surface area contributed by atoms with Gasteiger partial charge in [-0.15, -0.1) is 0 Å². The maximum Gasteiger partial charge on any atom is 0.264 e. The first kappa shape index (κ1) is 52.8. The lowest BCUT2D eigenvalue weighted by Gasteiger charge is -2.41. The van der Waals surface area contributed by atoms with Crippen LogP contribution in [-0.2, 0) is 49.9 Å². The summed E-state index contributed by atoms with van der Waals surface area (Å²) in [6.07, 6.45) is 0.315. The van der Waals surface area contributed by atoms with Gasteiger partial charge in [-0.2, -0.15) is 0 Å². The summed E-state index contributed by atoms with van der Waals surface area (Å²) in [6, 6.07) is 10.7. The van der Waals surface area contributed by atoms with E-state index in [2.05, 4.69) is 15.4 Å². The number of hydrogen-bond acceptors (Lipinski definition) is 11. The van der Waals surface area contributed by atoms with Crippen LogP contribution in [0.3, 0.4) is 0 Å². The maximum absolute atomic E-state index is 14.4. The van der Waals surface area contributed by atoms with E-state index >= 15 is 0 Å². The Kier molecular flexibility index (Phi) is 20.0. The molecule has 16 nitrogen and oxygen atoms in total. The zero-order chi connectivity index (χ0) is 47.3. The minimum absolute atomic E-state index is 0.000380. The largest absolute Gasteiger partial charge is 0.399 e. The maximum atomic E-state index is 14.4. The zero-order valence-electron chi connectivity index (χ0n) is 39.3. The van der Waals surface area contributed by atoms with Crippen LogP contribution >= 0.6 is 0 Å². The second-order valence-electron chi connectivity index (χ2n) is 17.8. The van der Waals surface area contributed by atoms with Crippen molar-refractivity contribution < 1.29 is 41.9 Å². The normalized spacial score (nSPS) is 18.2. The quantitative estimate of drug-likeness (QED) is 0.119. The molecule has 0 saturated carbocycles. The molecule has 0 radical (unpaired) electrons. The Morgan fingerprint density at radius 1 is 0.841 bits per heavy atom. The van der Waals surface area contributed by atoms with Gasteiger partial charge in [-0.3, -0.25) is 28.9 Å². The number of ether oxygens (including phenoxy) is 2. The fourth-order valence-corrected chi connectivity index (χ4v) is 9.70. The number of carbonyl (C=O) groups is 5. The Hall–Kier alpha value is -4.58. The van der Waals surface area contributed by atoms with Crippen LogP contribution in [0.5, 0.6) is 0 Å². The molecule has 1 saturated heterocycles. The number of benzene rings is 2. The molecule has 1 heterocycles. The van der Waals surface area contributed by atoms with Crippen LogP contribution in [0, 0.1) is 23.7 Å². The number of likely N-dealkylation sites (N-methyl/N-ethyl adjacent to an activating group) is 2. The number of nitrogen functional groups attached to an aromatic ring is 1. The molecule has 0 bridgehead atoms. The summed E-state index contributed by atoms with van der Waals surface area (Å²) in [5.41, 5.74) is 6.77. The van der Waals surface area contributed by atoms with Gasteiger partial charge in [0.2, 0.25) is 23.6 Å². The molecule has 0 spiro atoms. The summed E-state index contributed by atoms with van der Waals surface area (Å²) in [7, 11) is 4.05. The molecular weight excluding hydrogens is 827 g/mol. The number of methoxy groups -OCH3 is 2. The van der Waals surface area contributed by atoms with Crippen molar-refractivity contribution in [1.29, 1.82) is 0 Å². The number of hydrogen-bond donors (Lipinski definition) is 4. The van der Waals surface area contributed by atoms with Gasteiger partial charge in [0.25, 0.3) is 15.9 Å². The summed E-state index contributed by atoms with van der Waals surface area (Å²) in [6.45, 7) is 13.8. The molecule has 2 aromatic rings. The highest BCUT2D eigenvalue weighted by Crippen LogP contribution is 2.30. The Bertz CT molecular complexity index is 1920. The number of carbonyl (C=O) groups excluding carboxylic acids is 5. The van der Waals surface area contributed by atoms with Crippen molar-refractivity contribution in [2.75, 3.05) is 47.6 Å². The van der Waals surface area contributed by atoms with Gasteiger partial charge in [0.1, 0.15) is 12.1 Å². The van der Waals surface area contributed by atoms with Gasteiger partial charge in [-0.25, -0.2) is 13.1 Å². The highest BCUT2D eigenvalue weighted by Gasteiger charge is 2.43. The lowest BCUT2D eigenvalue weighted by molar-refractivity contribution is -0.148. The van der Waals surface area contributed by atoms with Crippen molar-refractivity contribution in [3.63, 3.8) is 0 Å². The van der Waals surface area contributed by atoms with Gasteiger partial charge < -0.3 is 35.6 Å². The molecule has 5 amide bonds. The smallest absolute Gasteiger partial charge is 0.264 e. The van der Waals surface area contributed by atoms with Crippen LogP contribution in [0.25, 0.3) is 0 Å². The summed E-state index contributed by atoms with van der Waals surface area (Å²) >= 11 is 0. The number of nitrogens with one attached hydrogen (secondary N) is 3. The first-order chi connectivity index (χ1) is 29.6. The number of rotatable bonds is 23. The second kappa shape index (κ2) is 23.9. The predicted molar refractivity (Wildman–Crippen MR) is 243 cm³/mol. The summed E-state index contributed by atoms with van der Waals surface area (Å²) < 4.78 is 40.5. The average molecular weight is 900 g/mol. The number of sulfonamides is 1. The number of amides is 5. The molecule has 352 valence electrons. The monoisotopic (exact) mass is 900 g/mol. The van der Waals surface area contributed by atoms with E-state index in [0.717, 1.165) is 0 Å². The number of nitrogens with zero attached hydrogens (tertiary/aromatic N) is 3. The lowest BCUT2D eigenvalue weighted by Crippen LogP contribution is -2.59. The minimum Gasteiger partial charge on any atom is -0.399 e. The van der Waals surface area contributed by atoms with Gasteiger partial charge in [0.05, 0.1) is 47.6 Å². The molecule has 1 fully saturated rings. The Balaban J connectivity index is 1.83. The van der Waals surface area contributed by atoms with E-state index in [1.54, 1.807) is 54.1 Å². The fraction of sp³-hybridized carbons (Fsp3) is 0.630. The third kappa shape index (κ3) is 14.0. The van der Waals surface area contributed by atoms with Crippen LogP contribution in [0.15, 0.2) is 59.5 Å². The molecule has 0 aliphatic carbocycles. The molecule has 0 aromatic heterocycles. The molecule has 2 aromatic carbocycles. The first-order valence-electron chi connectivity index (χ1n) is 21.9. The molecule has 9 unspecified atom stereocenters. The fourth-order valence-electron chi connectivity index (χ4n) is 8.68. The lowest BCUT2D eigenvalue weighted by atomic mass is 9.89. The van der Waals surface area contributed by atoms with Gasteiger partial charge in [-0.05, 0) is 74.5 Å². The topological polar surface area (TPSA) is 210 Å². The first-order valence-corrected chi connectivity index (χ1v) is 23.4. The van der Waals surface area contributed by atoms with E-state index in [1.165, 1.54) is 38.5 Å². The van der Waals surface area contributed by atoms with E-state index < -0.39 is 70.2 Å². The van der Waals surface area contributed by atoms with Crippen LogP contribution < -0.4 is 21.1 Å². The van der Waals surface area contributed by atoms with Crippen LogP contribution in [-0.4, -0.2) is 137 Å². The van der Waals surface area contributed by atoms with Gasteiger partial charge in [0, 0.05) is 39.9 Å². The Morgan fingerprint density at radius 2 is 1.46 bits per heavy atom. The number of anilines is 1. The predicted octanol–water partition coefficient (Wildman–Crippen LogP) is 3.45. The highest BCUT2D eigenvalue weighted by atomic mass is 32.2. The molecule has 9 atom stereocenters. The standard InChI is InChI=1S/C46H73N7O9S/c1-13-30(6)41(52(10)46(58)39(28(2)3)49-45(57)40(29(4)5)51(8)9)37(61-11)27-38(54)53-25-17-20-36(53)42(62-12)31(7)43(55)48-35(26-32-18-15-14-16-19-32)44(56)50-63(59,60)34-23-21-33(47)22-24-34/h14-16,18-19,21-24,28-31,35-37,39-42H,13,17,20,25-27,47H2,1-12H3,(H,48,55)(H,49,57)(H,50,56). The molecule has 5 N–H and O–H groups in total. The van der Waals surface area contributed by atoms with Gasteiger partial charge in [-0.1, -0.05) is 85.2 Å². The molecule has 17 heteroatoms. The molecule has 63 heavy (non-hydrogen) atoms. The van der Waals surface area contributed by atoms with Crippen molar-refractivity contribution in [2.45, 2.75) is 128 Å². The SMILES string of the molecule is CCC(C)C(C(CC(=O)N1CCCC1C(OC)C(C)C(=O)NC(Cc1ccccc1)C(=O)NS(=O)(=O)c1ccc(N)cc1)OC)N(C)C(=O)C(NC(=O)C(C(C)C)N(C)C)C(C)C. The summed E-state index contributed by atoms with van der Waals surface area (Å²) in [5.74, 6) is -3.41. The highest BCUT2D eigenvalue weighted by molar-refractivity contribution is 7.90. The van der Waals surface area contributed by atoms with Crippen molar-refractivity contribution in [2.24, 2.45) is 23.7 Å². The van der Waals surface area contributed by atoms with Gasteiger partial charge in [0.15, 0.2) is 0 Å². The van der Waals surface area contributed by atoms with Gasteiger partial charge >= 0.3 is 0 Å². The molecule has 3 rings (SSSR count). The number of nitrogens with two attached hydrogens (primary N) is 1. The van der Waals surface area contributed by atoms with E-state index in [1.807, 2.05) is 60.5 Å². The van der Waals surface area contributed by atoms with E-state index in [4.69, 9.17) is 15.2 Å². The molecular formula is C46H73N7O9S. The zero-order valence-corrected chi connectivity index (χ0v) is 40.1. The minimum atomic E-state index is -4.30. The third-order valence-electron chi connectivity index (χ3n) is 12.3. The molecule has 1 aliphatic rings. The van der Waals surface area contributed by atoms with Crippen LogP contribution in [0.4, 0.5) is 5.69 Å². The number of likely N-dealkylation sites (tertiary alicyclic amines) is 1. The van der Waals surface area contributed by atoms with E-state index in [9.17, 15) is 32.4 Å². The van der Waals surface area contributed by atoms with Crippen LogP contribution in [0.2, 0.25) is 0 Å². The van der Waals surface area contributed by atoms with E-state index in [-0.39, 0.29) is 53.2 Å². The Morgan fingerprint density at radius 3 is 1.98 bits per heavy atom. The van der Waals surface area contributed by atoms with Crippen LogP contribution in [0.1, 0.15) is 79.7 Å². The van der Waals surface area contributed by atoms with Crippen molar-refractivity contribution in [3.8, 4) is 0 Å². The Labute approximate surface area is 375 Å².